The van der Waals surface area contributed by atoms with Gasteiger partial charge < -0.3 is 28.8 Å². The standard InChI is InChI=1S/C28H35NO5S.C27H35NO5S.C4H8O/c1-5-24-8-6-23-16-22(19(2)3)7-10-27(23)29(24)35(31,32)25-9-11-28(26(17-25)20(4)30)34-18-21-12-14-33-15-13-21;1-4-24-7-5-22-15-21(19(2)3)6-9-26(22)28(24)34(30,31)25-8-10-27(23(16-25)17-29)33-18-20-11-13-32-14-12-20;1-2-4-5-3-1/h7,9-11,16-17,21,24H,2,5-6,8,12-15,18H2,1,3-4H3;6,8-10,15-16,20,24,29H,2,4-5,7,11-14,17-18H2,1,3H3;1-4H2. The Labute approximate surface area is 441 Å². The molecule has 402 valence electrons. The normalized spacial score (nSPS) is 19.2. The quantitative estimate of drug-likeness (QED) is 0.106. The Morgan fingerprint density at radius 3 is 1.43 bits per heavy atom. The number of nitrogens with zero attached hydrogens (tertiary/aromatic N) is 2. The van der Waals surface area contributed by atoms with Crippen LogP contribution in [0.1, 0.15) is 137 Å². The van der Waals surface area contributed by atoms with Gasteiger partial charge in [-0.05, 0) is 193 Å². The van der Waals surface area contributed by atoms with Crippen LogP contribution in [0.4, 0.5) is 11.4 Å². The maximum Gasteiger partial charge on any atom is 0.264 e. The van der Waals surface area contributed by atoms with Crippen LogP contribution in [0.3, 0.4) is 0 Å². The van der Waals surface area contributed by atoms with Gasteiger partial charge in [0, 0.05) is 57.3 Å². The largest absolute Gasteiger partial charge is 0.493 e. The first kappa shape index (κ1) is 56.7. The van der Waals surface area contributed by atoms with Crippen molar-refractivity contribution in [3.05, 3.63) is 119 Å². The lowest BCUT2D eigenvalue weighted by Gasteiger charge is -2.38. The molecular formula is C59H78N2O11S2. The molecule has 3 saturated heterocycles. The number of hydrogen-bond donors (Lipinski definition) is 1. The van der Waals surface area contributed by atoms with Crippen molar-refractivity contribution in [2.24, 2.45) is 11.8 Å². The Balaban J connectivity index is 0.000000197. The number of aryl methyl sites for hydroxylation is 2. The maximum atomic E-state index is 14.0. The highest BCUT2D eigenvalue weighted by atomic mass is 32.2. The number of fused-ring (bicyclic) bond motifs is 2. The summed E-state index contributed by atoms with van der Waals surface area (Å²) >= 11 is 0. The van der Waals surface area contributed by atoms with Gasteiger partial charge in [0.25, 0.3) is 20.0 Å². The molecule has 2 unspecified atom stereocenters. The predicted molar refractivity (Wildman–Crippen MR) is 293 cm³/mol. The summed E-state index contributed by atoms with van der Waals surface area (Å²) in [5.41, 5.74) is 8.18. The van der Waals surface area contributed by atoms with Crippen molar-refractivity contribution in [2.75, 3.05) is 61.5 Å². The van der Waals surface area contributed by atoms with Gasteiger partial charge in [0.15, 0.2) is 5.78 Å². The second kappa shape index (κ2) is 26.1. The summed E-state index contributed by atoms with van der Waals surface area (Å²) < 4.78 is 86.6. The molecule has 0 spiro atoms. The van der Waals surface area contributed by atoms with E-state index in [0.717, 1.165) is 123 Å². The van der Waals surface area contributed by atoms with E-state index in [9.17, 15) is 26.7 Å². The van der Waals surface area contributed by atoms with Crippen molar-refractivity contribution in [3.8, 4) is 11.5 Å². The van der Waals surface area contributed by atoms with Gasteiger partial charge >= 0.3 is 0 Å². The number of sulfonamides is 2. The van der Waals surface area contributed by atoms with Gasteiger partial charge in [0.1, 0.15) is 11.5 Å². The zero-order valence-electron chi connectivity index (χ0n) is 44.2. The minimum absolute atomic E-state index is 0.108. The van der Waals surface area contributed by atoms with Crippen LogP contribution in [0.15, 0.2) is 95.7 Å². The third-order valence-corrected chi connectivity index (χ3v) is 18.5. The van der Waals surface area contributed by atoms with Gasteiger partial charge in [-0.1, -0.05) is 50.3 Å². The number of Topliss-reactive ketones (excluding diaryl/α,β-unsaturated/α-hetero) is 1. The number of rotatable bonds is 16. The van der Waals surface area contributed by atoms with Crippen molar-refractivity contribution in [2.45, 2.75) is 140 Å². The summed E-state index contributed by atoms with van der Waals surface area (Å²) in [7, 11) is -7.72. The summed E-state index contributed by atoms with van der Waals surface area (Å²) in [4.78, 5) is 12.8. The van der Waals surface area contributed by atoms with Crippen LogP contribution in [0.2, 0.25) is 0 Å². The smallest absolute Gasteiger partial charge is 0.264 e. The fourth-order valence-electron chi connectivity index (χ4n) is 10.2. The van der Waals surface area contributed by atoms with E-state index in [1.807, 2.05) is 58.0 Å². The molecule has 0 bridgehead atoms. The van der Waals surface area contributed by atoms with E-state index < -0.39 is 20.0 Å². The minimum Gasteiger partial charge on any atom is -0.493 e. The Hall–Kier alpha value is -5.03. The van der Waals surface area contributed by atoms with E-state index >= 15 is 0 Å². The highest BCUT2D eigenvalue weighted by Gasteiger charge is 2.38. The van der Waals surface area contributed by atoms with E-state index in [1.54, 1.807) is 38.9 Å². The van der Waals surface area contributed by atoms with Gasteiger partial charge in [0.05, 0.1) is 46.5 Å². The molecule has 0 amide bonds. The van der Waals surface area contributed by atoms with Crippen LogP contribution < -0.4 is 18.1 Å². The zero-order chi connectivity index (χ0) is 53.0. The predicted octanol–water partition coefficient (Wildman–Crippen LogP) is 11.4. The number of aliphatic hydroxyl groups is 1. The monoisotopic (exact) mass is 1050 g/mol. The van der Waals surface area contributed by atoms with Crippen LogP contribution in [0.25, 0.3) is 11.1 Å². The van der Waals surface area contributed by atoms with Crippen LogP contribution >= 0.6 is 0 Å². The van der Waals surface area contributed by atoms with Gasteiger partial charge in [-0.2, -0.15) is 0 Å². The van der Waals surface area contributed by atoms with Crippen LogP contribution in [0, 0.1) is 11.8 Å². The molecule has 2 atom stereocenters. The lowest BCUT2D eigenvalue weighted by molar-refractivity contribution is 0.0494. The summed E-state index contributed by atoms with van der Waals surface area (Å²) in [5.74, 6) is 1.51. The number of benzene rings is 4. The molecule has 74 heavy (non-hydrogen) atoms. The number of ketones is 1. The Morgan fingerprint density at radius 2 is 1.03 bits per heavy atom. The third kappa shape index (κ3) is 13.7. The fraction of sp³-hybridized carbons (Fsp3) is 0.508. The van der Waals surface area contributed by atoms with Crippen molar-refractivity contribution in [3.63, 3.8) is 0 Å². The topological polar surface area (TPSA) is 158 Å². The molecule has 9 rings (SSSR count). The maximum absolute atomic E-state index is 14.0. The second-order valence-electron chi connectivity index (χ2n) is 20.2. The average molecular weight is 1060 g/mol. The van der Waals surface area contributed by atoms with Crippen molar-refractivity contribution >= 4 is 48.4 Å². The van der Waals surface area contributed by atoms with Crippen LogP contribution in [-0.2, 0) is 53.7 Å². The van der Waals surface area contributed by atoms with E-state index in [0.29, 0.717) is 73.0 Å². The molecule has 0 radical (unpaired) electrons. The Morgan fingerprint density at radius 1 is 0.595 bits per heavy atom. The molecule has 13 nitrogen and oxygen atoms in total. The molecule has 0 aliphatic carbocycles. The molecule has 0 saturated carbocycles. The van der Waals surface area contributed by atoms with Gasteiger partial charge in [0.2, 0.25) is 0 Å². The molecule has 4 aromatic rings. The minimum atomic E-state index is -3.89. The molecular weight excluding hydrogens is 977 g/mol. The van der Waals surface area contributed by atoms with Crippen LogP contribution in [-0.4, -0.2) is 92.7 Å². The average Bonchev–Trinajstić information content (AvgIpc) is 4.02. The summed E-state index contributed by atoms with van der Waals surface area (Å²) in [6.45, 7) is 23.0. The first-order chi connectivity index (χ1) is 35.6. The Bertz CT molecular complexity index is 2810. The number of aliphatic hydroxyl groups excluding tert-OH is 1. The molecule has 5 heterocycles. The SMILES string of the molecule is C1CCOC1.C=C(C)c1ccc2c(c1)CCC(CC)N2S(=O)(=O)c1ccc(OCC2CCOCC2)c(C(C)=O)c1.C=C(C)c1ccc2c(c1)CCC(CC)N2S(=O)(=O)c1ccc(OCC2CCOCC2)c(CO)c1. The number of allylic oxidation sites excluding steroid dienone is 2. The molecule has 15 heteroatoms. The second-order valence-corrected chi connectivity index (χ2v) is 23.9. The molecule has 3 fully saturated rings. The van der Waals surface area contributed by atoms with E-state index in [1.165, 1.54) is 25.8 Å². The number of carbonyl (C=O) groups excluding carboxylic acids is 1. The molecule has 0 aromatic heterocycles. The number of hydrogen-bond acceptors (Lipinski definition) is 11. The highest BCUT2D eigenvalue weighted by Crippen LogP contribution is 2.41. The number of anilines is 2. The van der Waals surface area contributed by atoms with Crippen molar-refractivity contribution in [1.29, 1.82) is 0 Å². The molecule has 5 aliphatic rings. The highest BCUT2D eigenvalue weighted by molar-refractivity contribution is 7.93. The molecule has 5 aliphatic heterocycles. The summed E-state index contributed by atoms with van der Waals surface area (Å²) in [5, 5.41) is 9.98. The Kier molecular flexibility index (Phi) is 20.0. The number of carbonyl (C=O) groups is 1. The summed E-state index contributed by atoms with van der Waals surface area (Å²) in [6.07, 6.45) is 10.9. The first-order valence-corrected chi connectivity index (χ1v) is 29.5. The van der Waals surface area contributed by atoms with E-state index in [-0.39, 0.29) is 34.3 Å². The van der Waals surface area contributed by atoms with Crippen LogP contribution in [0.5, 0.6) is 11.5 Å². The van der Waals surface area contributed by atoms with E-state index in [4.69, 9.17) is 23.7 Å². The number of ether oxygens (including phenoxy) is 5. The van der Waals surface area contributed by atoms with Crippen molar-refractivity contribution in [1.82, 2.24) is 0 Å². The van der Waals surface area contributed by atoms with E-state index in [2.05, 4.69) is 19.2 Å². The van der Waals surface area contributed by atoms with Crippen molar-refractivity contribution < 1.29 is 50.4 Å². The van der Waals surface area contributed by atoms with Gasteiger partial charge in [-0.15, -0.1) is 0 Å². The van der Waals surface area contributed by atoms with Gasteiger partial charge in [-0.3, -0.25) is 13.4 Å². The molecule has 1 N–H and O–H groups in total. The fourth-order valence-corrected chi connectivity index (χ4v) is 13.9. The summed E-state index contributed by atoms with van der Waals surface area (Å²) in [6, 6.07) is 21.0. The lowest BCUT2D eigenvalue weighted by atomic mass is 9.94. The molecule has 4 aromatic carbocycles. The van der Waals surface area contributed by atoms with Gasteiger partial charge in [-0.25, -0.2) is 16.8 Å². The zero-order valence-corrected chi connectivity index (χ0v) is 45.9. The first-order valence-electron chi connectivity index (χ1n) is 26.6. The third-order valence-electron chi connectivity index (χ3n) is 14.8. The lowest BCUT2D eigenvalue weighted by Crippen LogP contribution is -2.43.